The van der Waals surface area contributed by atoms with Gasteiger partial charge < -0.3 is 23.9 Å². The van der Waals surface area contributed by atoms with Gasteiger partial charge in [-0.25, -0.2) is 14.8 Å². The molecule has 1 aromatic carbocycles. The van der Waals surface area contributed by atoms with Gasteiger partial charge in [0.2, 0.25) is 5.88 Å². The normalized spacial score (nSPS) is 17.3. The predicted octanol–water partition coefficient (Wildman–Crippen LogP) is 4.19. The van der Waals surface area contributed by atoms with Crippen molar-refractivity contribution in [3.63, 3.8) is 0 Å². The van der Waals surface area contributed by atoms with Gasteiger partial charge in [0.05, 0.1) is 60.5 Å². The SMILES string of the molecule is COc1ccc(COc2cccc(C3=CCN(Cc4nc5ccc(C(=O)O)cc5n4C[C@@H]4CCO4)CC3)n2)nc1. The summed E-state index contributed by atoms with van der Waals surface area (Å²) in [6, 6.07) is 14.7. The van der Waals surface area contributed by atoms with Crippen LogP contribution in [0.2, 0.25) is 0 Å². The zero-order chi connectivity index (χ0) is 27.5. The summed E-state index contributed by atoms with van der Waals surface area (Å²) in [5, 5.41) is 9.49. The predicted molar refractivity (Wildman–Crippen MR) is 148 cm³/mol. The van der Waals surface area contributed by atoms with Gasteiger partial charge in [0.1, 0.15) is 18.2 Å². The van der Waals surface area contributed by atoms with E-state index < -0.39 is 5.97 Å². The summed E-state index contributed by atoms with van der Waals surface area (Å²) in [4.78, 5) is 27.9. The molecular formula is C30H31N5O5. The Balaban J connectivity index is 1.13. The topological polar surface area (TPSA) is 112 Å². The lowest BCUT2D eigenvalue weighted by molar-refractivity contribution is -0.0591. The lowest BCUT2D eigenvalue weighted by atomic mass is 10.0. The fourth-order valence-electron chi connectivity index (χ4n) is 4.99. The van der Waals surface area contributed by atoms with E-state index in [1.54, 1.807) is 31.5 Å². The Labute approximate surface area is 231 Å². The van der Waals surface area contributed by atoms with Crippen molar-refractivity contribution < 1.29 is 24.1 Å². The molecule has 206 valence electrons. The largest absolute Gasteiger partial charge is 0.495 e. The molecule has 1 saturated heterocycles. The third-order valence-electron chi connectivity index (χ3n) is 7.37. The van der Waals surface area contributed by atoms with Gasteiger partial charge in [0.25, 0.3) is 0 Å². The van der Waals surface area contributed by atoms with Crippen molar-refractivity contribution in [2.45, 2.75) is 38.6 Å². The van der Waals surface area contributed by atoms with E-state index in [2.05, 4.69) is 20.5 Å². The quantitative estimate of drug-likeness (QED) is 0.316. The number of fused-ring (bicyclic) bond motifs is 1. The number of pyridine rings is 2. The van der Waals surface area contributed by atoms with Crippen molar-refractivity contribution >= 4 is 22.6 Å². The highest BCUT2D eigenvalue weighted by Crippen LogP contribution is 2.26. The summed E-state index contributed by atoms with van der Waals surface area (Å²) in [7, 11) is 1.61. The summed E-state index contributed by atoms with van der Waals surface area (Å²) < 4.78 is 18.9. The highest BCUT2D eigenvalue weighted by molar-refractivity contribution is 5.92. The van der Waals surface area contributed by atoms with E-state index in [0.29, 0.717) is 31.3 Å². The van der Waals surface area contributed by atoms with Crippen LogP contribution >= 0.6 is 0 Å². The number of benzene rings is 1. The van der Waals surface area contributed by atoms with Crippen LogP contribution in [0.1, 0.15) is 40.4 Å². The first-order chi connectivity index (χ1) is 19.6. The van der Waals surface area contributed by atoms with E-state index in [-0.39, 0.29) is 11.7 Å². The number of methoxy groups -OCH3 is 1. The zero-order valence-electron chi connectivity index (χ0n) is 22.3. The van der Waals surface area contributed by atoms with Crippen LogP contribution in [0.5, 0.6) is 11.6 Å². The summed E-state index contributed by atoms with van der Waals surface area (Å²) in [5.41, 5.74) is 4.80. The maximum absolute atomic E-state index is 11.6. The third-order valence-corrected chi connectivity index (χ3v) is 7.37. The van der Waals surface area contributed by atoms with Crippen LogP contribution in [-0.2, 0) is 24.4 Å². The number of rotatable bonds is 10. The first-order valence-electron chi connectivity index (χ1n) is 13.4. The second kappa shape index (κ2) is 11.4. The van der Waals surface area contributed by atoms with Crippen molar-refractivity contribution in [2.75, 3.05) is 26.8 Å². The molecule has 4 aromatic rings. The second-order valence-corrected chi connectivity index (χ2v) is 9.98. The van der Waals surface area contributed by atoms with E-state index in [0.717, 1.165) is 60.8 Å². The smallest absolute Gasteiger partial charge is 0.335 e. The van der Waals surface area contributed by atoms with Crippen LogP contribution in [0.15, 0.2) is 60.8 Å². The molecule has 0 radical (unpaired) electrons. The number of imidazole rings is 1. The molecule has 0 spiro atoms. The third kappa shape index (κ3) is 5.68. The van der Waals surface area contributed by atoms with Gasteiger partial charge in [-0.2, -0.15) is 0 Å². The van der Waals surface area contributed by atoms with E-state index in [9.17, 15) is 9.90 Å². The van der Waals surface area contributed by atoms with Crippen molar-refractivity contribution in [3.8, 4) is 11.6 Å². The Bertz CT molecular complexity index is 1540. The van der Waals surface area contributed by atoms with Crippen molar-refractivity contribution in [3.05, 3.63) is 83.6 Å². The molecule has 10 heteroatoms. The van der Waals surface area contributed by atoms with Crippen LogP contribution in [-0.4, -0.2) is 68.4 Å². The Morgan fingerprint density at radius 3 is 2.77 bits per heavy atom. The number of hydrogen-bond acceptors (Lipinski definition) is 8. The van der Waals surface area contributed by atoms with Crippen molar-refractivity contribution in [2.24, 2.45) is 0 Å². The lowest BCUT2D eigenvalue weighted by Crippen LogP contribution is -2.33. The number of aromatic carboxylic acids is 1. The maximum atomic E-state index is 11.6. The first-order valence-corrected chi connectivity index (χ1v) is 13.4. The van der Waals surface area contributed by atoms with Gasteiger partial charge in [-0.15, -0.1) is 0 Å². The van der Waals surface area contributed by atoms with Crippen LogP contribution in [0.3, 0.4) is 0 Å². The maximum Gasteiger partial charge on any atom is 0.335 e. The Morgan fingerprint density at radius 2 is 2.08 bits per heavy atom. The molecule has 2 aliphatic rings. The zero-order valence-corrected chi connectivity index (χ0v) is 22.3. The highest BCUT2D eigenvalue weighted by Gasteiger charge is 2.24. The molecule has 2 aliphatic heterocycles. The minimum Gasteiger partial charge on any atom is -0.495 e. The number of ether oxygens (including phenoxy) is 3. The monoisotopic (exact) mass is 541 g/mol. The fourth-order valence-corrected chi connectivity index (χ4v) is 4.99. The number of nitrogens with zero attached hydrogens (tertiary/aromatic N) is 5. The van der Waals surface area contributed by atoms with Crippen LogP contribution in [0.4, 0.5) is 0 Å². The molecular weight excluding hydrogens is 510 g/mol. The molecule has 1 fully saturated rings. The van der Waals surface area contributed by atoms with Crippen molar-refractivity contribution in [1.29, 1.82) is 0 Å². The number of aromatic nitrogens is 4. The molecule has 0 unspecified atom stereocenters. The van der Waals surface area contributed by atoms with Gasteiger partial charge in [0.15, 0.2) is 0 Å². The molecule has 10 nitrogen and oxygen atoms in total. The average Bonchev–Trinajstić information content (AvgIpc) is 3.30. The van der Waals surface area contributed by atoms with Gasteiger partial charge >= 0.3 is 5.97 Å². The lowest BCUT2D eigenvalue weighted by Gasteiger charge is -2.29. The van der Waals surface area contributed by atoms with E-state index in [1.807, 2.05) is 30.3 Å². The Kier molecular flexibility index (Phi) is 7.43. The average molecular weight is 542 g/mol. The molecule has 1 atom stereocenters. The highest BCUT2D eigenvalue weighted by atomic mass is 16.5. The van der Waals surface area contributed by atoms with Gasteiger partial charge in [-0.1, -0.05) is 12.1 Å². The molecule has 0 aliphatic carbocycles. The molecule has 0 saturated carbocycles. The second-order valence-electron chi connectivity index (χ2n) is 9.98. The number of carbonyl (C=O) groups is 1. The van der Waals surface area contributed by atoms with Crippen LogP contribution in [0.25, 0.3) is 16.6 Å². The van der Waals surface area contributed by atoms with Crippen LogP contribution < -0.4 is 9.47 Å². The fraction of sp³-hybridized carbons (Fsp3) is 0.333. The molecule has 5 heterocycles. The molecule has 0 amide bonds. The van der Waals surface area contributed by atoms with Gasteiger partial charge in [-0.05, 0) is 54.8 Å². The summed E-state index contributed by atoms with van der Waals surface area (Å²) >= 11 is 0. The minimum absolute atomic E-state index is 0.138. The molecule has 3 aromatic heterocycles. The molecule has 0 bridgehead atoms. The minimum atomic E-state index is -0.940. The summed E-state index contributed by atoms with van der Waals surface area (Å²) in [6.07, 6.45) is 5.88. The van der Waals surface area contributed by atoms with E-state index in [1.165, 1.54) is 5.57 Å². The van der Waals surface area contributed by atoms with Crippen LogP contribution in [0, 0.1) is 0 Å². The van der Waals surface area contributed by atoms with Gasteiger partial charge in [-0.3, -0.25) is 9.88 Å². The molecule has 6 rings (SSSR count). The summed E-state index contributed by atoms with van der Waals surface area (Å²) in [5.74, 6) is 1.25. The Hall–Kier alpha value is -4.28. The van der Waals surface area contributed by atoms with Crippen molar-refractivity contribution in [1.82, 2.24) is 24.4 Å². The first kappa shape index (κ1) is 26.0. The summed E-state index contributed by atoms with van der Waals surface area (Å²) in [6.45, 7) is 4.06. The number of hydrogen-bond donors (Lipinski definition) is 1. The van der Waals surface area contributed by atoms with E-state index >= 15 is 0 Å². The van der Waals surface area contributed by atoms with Gasteiger partial charge in [0, 0.05) is 25.8 Å². The number of carboxylic acid groups (broad SMARTS) is 1. The molecule has 1 N–H and O–H groups in total. The molecule has 40 heavy (non-hydrogen) atoms. The number of carboxylic acids is 1. The standard InChI is InChI=1S/C30H31N5O5/c1-38-23-7-6-22(31-16-23)19-40-29-4-2-3-25(33-29)20-9-12-34(13-10-20)18-28-32-26-8-5-21(30(36)37)15-27(26)35(28)17-24-11-14-39-24/h2-9,15-16,24H,10-14,17-19H2,1H3,(H,36,37)/t24-/m0/s1. The Morgan fingerprint density at radius 1 is 1.18 bits per heavy atom. The van der Waals surface area contributed by atoms with E-state index in [4.69, 9.17) is 24.2 Å².